The molecule has 0 aromatic heterocycles. The number of hydrogen-bond donors (Lipinski definition) is 1. The van der Waals surface area contributed by atoms with Gasteiger partial charge < -0.3 is 10.1 Å². The van der Waals surface area contributed by atoms with E-state index in [2.05, 4.69) is 21.9 Å². The summed E-state index contributed by atoms with van der Waals surface area (Å²) in [7, 11) is 1.47. The molecule has 5 nitrogen and oxygen atoms in total. The highest BCUT2D eigenvalue weighted by Crippen LogP contribution is 1.99. The fourth-order valence-corrected chi connectivity index (χ4v) is 0.691. The average Bonchev–Trinajstić information content (AvgIpc) is 2.22. The van der Waals surface area contributed by atoms with Crippen LogP contribution in [-0.4, -0.2) is 32.1 Å². The molecule has 1 amide bonds. The number of nitrogens with zero attached hydrogens (tertiary/aromatic N) is 1. The van der Waals surface area contributed by atoms with Gasteiger partial charge in [0.1, 0.15) is 0 Å². The molecule has 0 saturated heterocycles. The quantitative estimate of drug-likeness (QED) is 0.240. The van der Waals surface area contributed by atoms with Crippen molar-refractivity contribution < 1.29 is 14.4 Å². The number of amides is 1. The fourth-order valence-electron chi connectivity index (χ4n) is 0.691. The SMILES string of the molecule is C=CCOCC(=NOC(=O)NC)C(C)C. The average molecular weight is 214 g/mol. The molecule has 0 spiro atoms. The van der Waals surface area contributed by atoms with E-state index in [1.54, 1.807) is 6.08 Å². The Labute approximate surface area is 90.1 Å². The zero-order chi connectivity index (χ0) is 11.7. The van der Waals surface area contributed by atoms with Crippen molar-refractivity contribution in [2.45, 2.75) is 13.8 Å². The second kappa shape index (κ2) is 7.99. The Morgan fingerprint density at radius 3 is 2.73 bits per heavy atom. The molecule has 0 aliphatic carbocycles. The Morgan fingerprint density at radius 1 is 1.60 bits per heavy atom. The molecule has 0 aromatic carbocycles. The minimum Gasteiger partial charge on any atom is -0.371 e. The maximum Gasteiger partial charge on any atom is 0.433 e. The van der Waals surface area contributed by atoms with Crippen molar-refractivity contribution >= 4 is 11.8 Å². The first-order valence-corrected chi connectivity index (χ1v) is 4.76. The summed E-state index contributed by atoms with van der Waals surface area (Å²) >= 11 is 0. The van der Waals surface area contributed by atoms with Gasteiger partial charge in [0.15, 0.2) is 0 Å². The summed E-state index contributed by atoms with van der Waals surface area (Å²) in [6.07, 6.45) is 1.06. The standard InChI is InChI=1S/C10H18N2O3/c1-5-6-14-7-9(8(2)3)12-15-10(13)11-4/h5,8H,1,6-7H2,2-4H3,(H,11,13). The Bertz CT molecular complexity index is 237. The van der Waals surface area contributed by atoms with Crippen LogP contribution in [-0.2, 0) is 9.57 Å². The summed E-state index contributed by atoms with van der Waals surface area (Å²) in [5.41, 5.74) is 0.681. The normalized spacial score (nSPS) is 11.3. The molecular formula is C10H18N2O3. The third-order valence-corrected chi connectivity index (χ3v) is 1.60. The van der Waals surface area contributed by atoms with E-state index in [-0.39, 0.29) is 5.92 Å². The van der Waals surface area contributed by atoms with Crippen molar-refractivity contribution in [2.75, 3.05) is 20.3 Å². The molecule has 0 heterocycles. The van der Waals surface area contributed by atoms with Crippen molar-refractivity contribution in [3.05, 3.63) is 12.7 Å². The number of nitrogens with one attached hydrogen (secondary N) is 1. The predicted octanol–water partition coefficient (Wildman–Crippen LogP) is 1.56. The largest absolute Gasteiger partial charge is 0.433 e. The Kier molecular flexibility index (Phi) is 7.27. The van der Waals surface area contributed by atoms with Gasteiger partial charge in [-0.2, -0.15) is 0 Å². The first kappa shape index (κ1) is 13.6. The van der Waals surface area contributed by atoms with Crippen LogP contribution in [0.25, 0.3) is 0 Å². The number of rotatable bonds is 6. The van der Waals surface area contributed by atoms with Crippen LogP contribution >= 0.6 is 0 Å². The molecule has 1 N–H and O–H groups in total. The van der Waals surface area contributed by atoms with Crippen LogP contribution in [0, 0.1) is 5.92 Å². The van der Waals surface area contributed by atoms with Gasteiger partial charge in [-0.15, -0.1) is 6.58 Å². The van der Waals surface area contributed by atoms with Crippen molar-refractivity contribution in [1.82, 2.24) is 5.32 Å². The molecule has 0 aliphatic rings. The molecule has 0 fully saturated rings. The Morgan fingerprint density at radius 2 is 2.27 bits per heavy atom. The Hall–Kier alpha value is -1.36. The molecule has 0 saturated carbocycles. The van der Waals surface area contributed by atoms with Gasteiger partial charge >= 0.3 is 6.09 Å². The number of hydrogen-bond acceptors (Lipinski definition) is 4. The molecule has 0 bridgehead atoms. The summed E-state index contributed by atoms with van der Waals surface area (Å²) in [4.78, 5) is 15.3. The lowest BCUT2D eigenvalue weighted by Gasteiger charge is -2.08. The molecule has 0 rings (SSSR count). The minimum absolute atomic E-state index is 0.166. The van der Waals surface area contributed by atoms with E-state index in [1.807, 2.05) is 13.8 Å². The fraction of sp³-hybridized carbons (Fsp3) is 0.600. The number of carbonyl (C=O) groups is 1. The van der Waals surface area contributed by atoms with E-state index >= 15 is 0 Å². The second-order valence-electron chi connectivity index (χ2n) is 3.17. The van der Waals surface area contributed by atoms with Crippen LogP contribution in [0.3, 0.4) is 0 Å². The smallest absolute Gasteiger partial charge is 0.371 e. The first-order valence-electron chi connectivity index (χ1n) is 4.76. The van der Waals surface area contributed by atoms with Crippen molar-refractivity contribution in [1.29, 1.82) is 0 Å². The van der Waals surface area contributed by atoms with Crippen LogP contribution in [0.1, 0.15) is 13.8 Å². The van der Waals surface area contributed by atoms with Crippen LogP contribution in [0.2, 0.25) is 0 Å². The van der Waals surface area contributed by atoms with E-state index in [0.717, 1.165) is 0 Å². The summed E-state index contributed by atoms with van der Waals surface area (Å²) < 4.78 is 5.21. The molecule has 0 atom stereocenters. The second-order valence-corrected chi connectivity index (χ2v) is 3.17. The molecule has 0 aromatic rings. The highest BCUT2D eigenvalue weighted by atomic mass is 16.7. The van der Waals surface area contributed by atoms with Gasteiger partial charge in [-0.3, -0.25) is 4.84 Å². The minimum atomic E-state index is -0.586. The third-order valence-electron chi connectivity index (χ3n) is 1.60. The number of carbonyl (C=O) groups excluding carboxylic acids is 1. The topological polar surface area (TPSA) is 59.9 Å². The van der Waals surface area contributed by atoms with Crippen LogP contribution in [0.15, 0.2) is 17.8 Å². The lowest BCUT2D eigenvalue weighted by Crippen LogP contribution is -2.21. The van der Waals surface area contributed by atoms with Gasteiger partial charge in [-0.25, -0.2) is 4.79 Å². The molecule has 15 heavy (non-hydrogen) atoms. The summed E-state index contributed by atoms with van der Waals surface area (Å²) in [5, 5.41) is 6.01. The summed E-state index contributed by atoms with van der Waals surface area (Å²) in [6, 6.07) is 0. The van der Waals surface area contributed by atoms with Gasteiger partial charge in [0.25, 0.3) is 0 Å². The monoisotopic (exact) mass is 214 g/mol. The van der Waals surface area contributed by atoms with Gasteiger partial charge in [-0.05, 0) is 5.92 Å². The maximum atomic E-state index is 10.8. The highest BCUT2D eigenvalue weighted by Gasteiger charge is 2.07. The summed E-state index contributed by atoms with van der Waals surface area (Å²) in [5.74, 6) is 0.166. The number of ether oxygens (including phenoxy) is 1. The molecule has 5 heteroatoms. The third kappa shape index (κ3) is 6.68. The molecule has 0 unspecified atom stereocenters. The highest BCUT2D eigenvalue weighted by molar-refractivity contribution is 5.87. The molecule has 0 radical (unpaired) electrons. The van der Waals surface area contributed by atoms with Crippen LogP contribution in [0.4, 0.5) is 4.79 Å². The lowest BCUT2D eigenvalue weighted by molar-refractivity contribution is 0.148. The molecule has 86 valence electrons. The zero-order valence-corrected chi connectivity index (χ0v) is 9.45. The zero-order valence-electron chi connectivity index (χ0n) is 9.45. The van der Waals surface area contributed by atoms with E-state index in [1.165, 1.54) is 7.05 Å². The Balaban J connectivity index is 4.12. The summed E-state index contributed by atoms with van der Waals surface area (Å²) in [6.45, 7) is 8.21. The first-order chi connectivity index (χ1) is 7.11. The van der Waals surface area contributed by atoms with E-state index in [4.69, 9.17) is 4.74 Å². The van der Waals surface area contributed by atoms with Crippen molar-refractivity contribution in [3.8, 4) is 0 Å². The van der Waals surface area contributed by atoms with Crippen molar-refractivity contribution in [3.63, 3.8) is 0 Å². The van der Waals surface area contributed by atoms with Crippen LogP contribution in [0.5, 0.6) is 0 Å². The van der Waals surface area contributed by atoms with Gasteiger partial charge in [0.05, 0.1) is 18.9 Å². The number of oxime groups is 1. The molecular weight excluding hydrogens is 196 g/mol. The van der Waals surface area contributed by atoms with Gasteiger partial charge in [-0.1, -0.05) is 25.1 Å². The predicted molar refractivity (Wildman–Crippen MR) is 58.8 cm³/mol. The maximum absolute atomic E-state index is 10.8. The van der Waals surface area contributed by atoms with E-state index in [0.29, 0.717) is 18.9 Å². The van der Waals surface area contributed by atoms with Gasteiger partial charge in [0.2, 0.25) is 0 Å². The lowest BCUT2D eigenvalue weighted by atomic mass is 10.1. The van der Waals surface area contributed by atoms with Gasteiger partial charge in [0, 0.05) is 7.05 Å². The van der Waals surface area contributed by atoms with Crippen LogP contribution < -0.4 is 5.32 Å². The van der Waals surface area contributed by atoms with Crippen molar-refractivity contribution in [2.24, 2.45) is 11.1 Å². The van der Waals surface area contributed by atoms with E-state index in [9.17, 15) is 4.79 Å². The molecule has 0 aliphatic heterocycles. The van der Waals surface area contributed by atoms with E-state index < -0.39 is 6.09 Å².